The van der Waals surface area contributed by atoms with Crippen LogP contribution in [0.2, 0.25) is 0 Å². The van der Waals surface area contributed by atoms with Gasteiger partial charge in [0.15, 0.2) is 0 Å². The number of nitrogens with zero attached hydrogens (tertiary/aromatic N) is 1. The normalized spacial score (nSPS) is 22.9. The van der Waals surface area contributed by atoms with Crippen LogP contribution in [0, 0.1) is 5.92 Å². The first-order valence-electron chi connectivity index (χ1n) is 9.48. The summed E-state index contributed by atoms with van der Waals surface area (Å²) in [6.07, 6.45) is 0.275. The Kier molecular flexibility index (Phi) is 6.73. The quantitative estimate of drug-likeness (QED) is 0.743. The van der Waals surface area contributed by atoms with Gasteiger partial charge in [0.25, 0.3) is 0 Å². The highest BCUT2D eigenvalue weighted by Gasteiger charge is 2.44. The molecule has 3 atom stereocenters. The summed E-state index contributed by atoms with van der Waals surface area (Å²) in [6, 6.07) is 7.42. The second-order valence-corrected chi connectivity index (χ2v) is 7.86. The third-order valence-corrected chi connectivity index (χ3v) is 4.86. The number of rotatable bonds is 4. The van der Waals surface area contributed by atoms with E-state index in [1.54, 1.807) is 18.9 Å². The maximum Gasteiger partial charge on any atom is 0.410 e. The third-order valence-electron chi connectivity index (χ3n) is 4.86. The molecule has 0 saturated carbocycles. The predicted molar refractivity (Wildman–Crippen MR) is 103 cm³/mol. The van der Waals surface area contributed by atoms with E-state index < -0.39 is 17.6 Å². The molecule has 6 heteroatoms. The molecule has 0 radical (unpaired) electrons. The molecule has 0 N–H and O–H groups in total. The Labute approximate surface area is 161 Å². The fourth-order valence-corrected chi connectivity index (χ4v) is 3.59. The topological polar surface area (TPSA) is 65.1 Å². The molecule has 0 aromatic heterocycles. The molecule has 1 amide bonds. The average molecular weight is 377 g/mol. The summed E-state index contributed by atoms with van der Waals surface area (Å²) in [5.41, 5.74) is 0.466. The van der Waals surface area contributed by atoms with Gasteiger partial charge in [-0.2, -0.15) is 0 Å². The van der Waals surface area contributed by atoms with E-state index in [4.69, 9.17) is 14.2 Å². The largest absolute Gasteiger partial charge is 0.497 e. The van der Waals surface area contributed by atoms with Gasteiger partial charge in [0.1, 0.15) is 11.4 Å². The van der Waals surface area contributed by atoms with Crippen molar-refractivity contribution in [1.82, 2.24) is 4.90 Å². The molecule has 150 valence electrons. The molecule has 1 aliphatic heterocycles. The van der Waals surface area contributed by atoms with Gasteiger partial charge in [-0.3, -0.25) is 4.79 Å². The van der Waals surface area contributed by atoms with Gasteiger partial charge in [0.05, 0.1) is 19.6 Å². The zero-order chi connectivity index (χ0) is 20.2. The Balaban J connectivity index is 2.28. The van der Waals surface area contributed by atoms with Crippen LogP contribution in [-0.2, 0) is 14.3 Å². The lowest BCUT2D eigenvalue weighted by Gasteiger charge is -2.43. The molecule has 1 aliphatic rings. The lowest BCUT2D eigenvalue weighted by Crippen LogP contribution is -2.53. The summed E-state index contributed by atoms with van der Waals surface area (Å²) < 4.78 is 16.1. The number of carbonyl (C=O) groups excluding carboxylic acids is 2. The monoisotopic (exact) mass is 377 g/mol. The van der Waals surface area contributed by atoms with E-state index in [0.717, 1.165) is 11.3 Å². The highest BCUT2D eigenvalue weighted by atomic mass is 16.6. The number of amides is 1. The molecule has 0 bridgehead atoms. The number of esters is 1. The predicted octanol–water partition coefficient (Wildman–Crippen LogP) is 3.99. The minimum atomic E-state index is -0.580. The second-order valence-electron chi connectivity index (χ2n) is 7.86. The van der Waals surface area contributed by atoms with Crippen molar-refractivity contribution in [2.75, 3.05) is 20.3 Å². The lowest BCUT2D eigenvalue weighted by molar-refractivity contribution is -0.152. The van der Waals surface area contributed by atoms with Crippen molar-refractivity contribution < 1.29 is 23.8 Å². The molecule has 0 unspecified atom stereocenters. The van der Waals surface area contributed by atoms with Gasteiger partial charge in [-0.1, -0.05) is 12.1 Å². The molecular weight excluding hydrogens is 346 g/mol. The van der Waals surface area contributed by atoms with Crippen LogP contribution in [0.15, 0.2) is 24.3 Å². The highest BCUT2D eigenvalue weighted by molar-refractivity contribution is 5.77. The minimum Gasteiger partial charge on any atom is -0.497 e. The Morgan fingerprint density at radius 1 is 1.19 bits per heavy atom. The third kappa shape index (κ3) is 5.15. The van der Waals surface area contributed by atoms with Crippen LogP contribution in [0.3, 0.4) is 0 Å². The van der Waals surface area contributed by atoms with E-state index in [2.05, 4.69) is 0 Å². The number of hydrogen-bond acceptors (Lipinski definition) is 5. The molecule has 1 fully saturated rings. The van der Waals surface area contributed by atoms with Gasteiger partial charge in [0, 0.05) is 18.5 Å². The van der Waals surface area contributed by atoms with Crippen LogP contribution in [-0.4, -0.2) is 48.9 Å². The number of likely N-dealkylation sites (tertiary alicyclic amines) is 1. The van der Waals surface area contributed by atoms with Gasteiger partial charge in [-0.05, 0) is 58.7 Å². The molecule has 1 heterocycles. The van der Waals surface area contributed by atoms with Crippen molar-refractivity contribution in [2.24, 2.45) is 5.92 Å². The standard InChI is InChI=1S/C21H31NO5/c1-7-26-19(23)18-14(2)22(20(24)27-21(3,4)5)13-12-17(18)15-8-10-16(25-6)11-9-15/h8-11,14,17-18H,7,12-13H2,1-6H3/t14-,17+,18-/m1/s1. The fourth-order valence-electron chi connectivity index (χ4n) is 3.59. The number of hydrogen-bond donors (Lipinski definition) is 0. The Hall–Kier alpha value is -2.24. The summed E-state index contributed by atoms with van der Waals surface area (Å²) in [4.78, 5) is 27.0. The summed E-state index contributed by atoms with van der Waals surface area (Å²) >= 11 is 0. The first kappa shape index (κ1) is 21.1. The number of carbonyl (C=O) groups is 2. The van der Waals surface area contributed by atoms with Crippen LogP contribution in [0.5, 0.6) is 5.75 Å². The van der Waals surface area contributed by atoms with E-state index in [0.29, 0.717) is 19.6 Å². The first-order chi connectivity index (χ1) is 12.7. The van der Waals surface area contributed by atoms with Crippen molar-refractivity contribution in [3.8, 4) is 5.75 Å². The van der Waals surface area contributed by atoms with Crippen LogP contribution in [0.1, 0.15) is 52.5 Å². The van der Waals surface area contributed by atoms with Gasteiger partial charge in [-0.15, -0.1) is 0 Å². The average Bonchev–Trinajstić information content (AvgIpc) is 2.60. The van der Waals surface area contributed by atoms with E-state index in [1.807, 2.05) is 52.0 Å². The molecule has 6 nitrogen and oxygen atoms in total. The Bertz CT molecular complexity index is 650. The summed E-state index contributed by atoms with van der Waals surface area (Å²) in [7, 11) is 1.62. The number of ether oxygens (including phenoxy) is 3. The number of benzene rings is 1. The van der Waals surface area contributed by atoms with Gasteiger partial charge < -0.3 is 19.1 Å². The SMILES string of the molecule is CCOC(=O)[C@@H]1[C@@H](C)N(C(=O)OC(C)(C)C)CC[C@H]1c1ccc(OC)cc1. The number of piperidine rings is 1. The van der Waals surface area contributed by atoms with E-state index in [9.17, 15) is 9.59 Å². The van der Waals surface area contributed by atoms with Crippen LogP contribution in [0.4, 0.5) is 4.79 Å². The maximum atomic E-state index is 12.7. The van der Waals surface area contributed by atoms with E-state index >= 15 is 0 Å². The lowest BCUT2D eigenvalue weighted by atomic mass is 9.76. The van der Waals surface area contributed by atoms with Crippen molar-refractivity contribution in [2.45, 2.75) is 58.6 Å². The van der Waals surface area contributed by atoms with Crippen molar-refractivity contribution >= 4 is 12.1 Å². The minimum absolute atomic E-state index is 0.0244. The molecule has 27 heavy (non-hydrogen) atoms. The van der Waals surface area contributed by atoms with Crippen LogP contribution in [0.25, 0.3) is 0 Å². The molecule has 1 saturated heterocycles. The molecule has 1 aromatic carbocycles. The maximum absolute atomic E-state index is 12.7. The first-order valence-corrected chi connectivity index (χ1v) is 9.48. The van der Waals surface area contributed by atoms with Crippen molar-refractivity contribution in [1.29, 1.82) is 0 Å². The number of methoxy groups -OCH3 is 1. The zero-order valence-corrected chi connectivity index (χ0v) is 17.2. The Morgan fingerprint density at radius 2 is 1.81 bits per heavy atom. The molecular formula is C21H31NO5. The smallest absolute Gasteiger partial charge is 0.410 e. The summed E-state index contributed by atoms with van der Waals surface area (Å²) in [5, 5.41) is 0. The summed E-state index contributed by atoms with van der Waals surface area (Å²) in [6.45, 7) is 10.0. The summed E-state index contributed by atoms with van der Waals surface area (Å²) in [5.74, 6) is 0.0213. The Morgan fingerprint density at radius 3 is 2.33 bits per heavy atom. The second kappa shape index (κ2) is 8.63. The van der Waals surface area contributed by atoms with E-state index in [-0.39, 0.29) is 17.9 Å². The van der Waals surface area contributed by atoms with Gasteiger partial charge in [0.2, 0.25) is 0 Å². The van der Waals surface area contributed by atoms with Gasteiger partial charge in [-0.25, -0.2) is 4.79 Å². The van der Waals surface area contributed by atoms with Crippen LogP contribution < -0.4 is 4.74 Å². The zero-order valence-electron chi connectivity index (χ0n) is 17.2. The highest BCUT2D eigenvalue weighted by Crippen LogP contribution is 2.38. The van der Waals surface area contributed by atoms with E-state index in [1.165, 1.54) is 0 Å². The van der Waals surface area contributed by atoms with Gasteiger partial charge >= 0.3 is 12.1 Å². The van der Waals surface area contributed by atoms with Crippen molar-refractivity contribution in [3.63, 3.8) is 0 Å². The molecule has 2 rings (SSSR count). The molecule has 1 aromatic rings. The van der Waals surface area contributed by atoms with Crippen LogP contribution >= 0.6 is 0 Å². The molecule has 0 aliphatic carbocycles. The molecule has 0 spiro atoms. The van der Waals surface area contributed by atoms with Crippen molar-refractivity contribution in [3.05, 3.63) is 29.8 Å². The fraction of sp³-hybridized carbons (Fsp3) is 0.619.